The van der Waals surface area contributed by atoms with E-state index < -0.39 is 6.10 Å². The fraction of sp³-hybridized carbons (Fsp3) is 0.267. The molecule has 0 radical (unpaired) electrons. The molecule has 0 aliphatic carbocycles. The molecule has 1 N–H and O–H groups in total. The Morgan fingerprint density at radius 1 is 1.26 bits per heavy atom. The number of hydrogen-bond donors (Lipinski definition) is 1. The normalized spacial score (nSPS) is 13.0. The van der Waals surface area contributed by atoms with Crippen molar-refractivity contribution in [2.24, 2.45) is 7.05 Å². The predicted molar refractivity (Wildman–Crippen MR) is 78.4 cm³/mol. The summed E-state index contributed by atoms with van der Waals surface area (Å²) in [6, 6.07) is 12.2. The lowest BCUT2D eigenvalue weighted by molar-refractivity contribution is 0.181. The summed E-state index contributed by atoms with van der Waals surface area (Å²) < 4.78 is 1.87. The predicted octanol–water partition coefficient (Wildman–Crippen LogP) is 3.22. The van der Waals surface area contributed by atoms with Crippen molar-refractivity contribution in [1.82, 2.24) is 9.78 Å². The fourth-order valence-corrected chi connectivity index (χ4v) is 3.22. The Balaban J connectivity index is 1.93. The average molecular weight is 272 g/mol. The molecule has 0 saturated heterocycles. The number of aromatic nitrogens is 2. The van der Waals surface area contributed by atoms with Gasteiger partial charge in [-0.1, -0.05) is 18.2 Å². The van der Waals surface area contributed by atoms with Gasteiger partial charge in [0.25, 0.3) is 0 Å². The summed E-state index contributed by atoms with van der Waals surface area (Å²) in [6.45, 7) is 2.05. The topological polar surface area (TPSA) is 38.1 Å². The highest BCUT2D eigenvalue weighted by molar-refractivity contribution is 7.12. The van der Waals surface area contributed by atoms with Gasteiger partial charge in [-0.3, -0.25) is 4.68 Å². The van der Waals surface area contributed by atoms with Crippen LogP contribution in [-0.2, 0) is 13.5 Å². The third kappa shape index (κ3) is 2.29. The molecule has 0 spiro atoms. The number of rotatable bonds is 3. The van der Waals surface area contributed by atoms with Gasteiger partial charge in [0.15, 0.2) is 0 Å². The molecule has 1 unspecified atom stereocenters. The number of fused-ring (bicyclic) bond motifs is 1. The van der Waals surface area contributed by atoms with E-state index in [1.54, 1.807) is 11.3 Å². The standard InChI is InChI=1S/C15H16N2OS/c1-10-7-8-15(19-10)14(18)9-12-11-5-3-4-6-13(11)17(2)16-12/h3-8,14,18H,9H2,1-2H3. The van der Waals surface area contributed by atoms with E-state index in [2.05, 4.69) is 18.1 Å². The van der Waals surface area contributed by atoms with Crippen LogP contribution in [0.3, 0.4) is 0 Å². The maximum atomic E-state index is 10.3. The lowest BCUT2D eigenvalue weighted by atomic mass is 10.1. The number of para-hydroxylation sites is 1. The van der Waals surface area contributed by atoms with Crippen LogP contribution in [0.5, 0.6) is 0 Å². The Morgan fingerprint density at radius 2 is 2.05 bits per heavy atom. The SMILES string of the molecule is Cc1ccc(C(O)Cc2nn(C)c3ccccc23)s1. The van der Waals surface area contributed by atoms with Crippen LogP contribution in [0.4, 0.5) is 0 Å². The molecular weight excluding hydrogens is 256 g/mol. The zero-order chi connectivity index (χ0) is 13.4. The van der Waals surface area contributed by atoms with Crippen LogP contribution in [-0.4, -0.2) is 14.9 Å². The van der Waals surface area contributed by atoms with Crippen LogP contribution in [0.1, 0.15) is 21.6 Å². The van der Waals surface area contributed by atoms with Crippen molar-refractivity contribution in [1.29, 1.82) is 0 Å². The van der Waals surface area contributed by atoms with Crippen molar-refractivity contribution >= 4 is 22.2 Å². The molecule has 19 heavy (non-hydrogen) atoms. The van der Waals surface area contributed by atoms with Crippen molar-refractivity contribution in [2.75, 3.05) is 0 Å². The Bertz CT molecular complexity index is 714. The second kappa shape index (κ2) is 4.79. The maximum absolute atomic E-state index is 10.3. The molecule has 0 amide bonds. The summed E-state index contributed by atoms with van der Waals surface area (Å²) in [4.78, 5) is 2.23. The fourth-order valence-electron chi connectivity index (χ4n) is 2.36. The summed E-state index contributed by atoms with van der Waals surface area (Å²) in [5.74, 6) is 0. The van der Waals surface area contributed by atoms with Crippen LogP contribution in [0.2, 0.25) is 0 Å². The van der Waals surface area contributed by atoms with E-state index in [9.17, 15) is 5.11 Å². The monoisotopic (exact) mass is 272 g/mol. The molecule has 0 bridgehead atoms. The van der Waals surface area contributed by atoms with E-state index >= 15 is 0 Å². The van der Waals surface area contributed by atoms with Gasteiger partial charge in [-0.15, -0.1) is 11.3 Å². The quantitative estimate of drug-likeness (QED) is 0.795. The minimum absolute atomic E-state index is 0.475. The van der Waals surface area contributed by atoms with Crippen LogP contribution in [0.15, 0.2) is 36.4 Å². The Morgan fingerprint density at radius 3 is 2.79 bits per heavy atom. The lowest BCUT2D eigenvalue weighted by Gasteiger charge is -2.06. The summed E-state index contributed by atoms with van der Waals surface area (Å²) in [5.41, 5.74) is 2.06. The van der Waals surface area contributed by atoms with Gasteiger partial charge in [-0.25, -0.2) is 0 Å². The molecule has 0 aliphatic heterocycles. The summed E-state index contributed by atoms with van der Waals surface area (Å²) in [6.07, 6.45) is 0.0819. The number of benzene rings is 1. The van der Waals surface area contributed by atoms with Gasteiger partial charge in [0.1, 0.15) is 0 Å². The first kappa shape index (κ1) is 12.4. The Hall–Kier alpha value is -1.65. The zero-order valence-electron chi connectivity index (χ0n) is 11.0. The summed E-state index contributed by atoms with van der Waals surface area (Å²) in [5, 5.41) is 16.0. The van der Waals surface area contributed by atoms with Gasteiger partial charge in [0.2, 0.25) is 0 Å². The first-order chi connectivity index (χ1) is 9.15. The molecule has 4 heteroatoms. The number of aryl methyl sites for hydroxylation is 2. The number of aliphatic hydroxyl groups is 1. The molecule has 3 aromatic rings. The minimum Gasteiger partial charge on any atom is -0.387 e. The van der Waals surface area contributed by atoms with E-state index in [1.165, 1.54) is 4.88 Å². The van der Waals surface area contributed by atoms with E-state index in [1.807, 2.05) is 42.1 Å². The van der Waals surface area contributed by atoms with Crippen LogP contribution in [0.25, 0.3) is 10.9 Å². The first-order valence-corrected chi connectivity index (χ1v) is 7.12. The Labute approximate surface area is 116 Å². The van der Waals surface area contributed by atoms with Gasteiger partial charge >= 0.3 is 0 Å². The van der Waals surface area contributed by atoms with E-state index in [4.69, 9.17) is 0 Å². The molecule has 2 aromatic heterocycles. The van der Waals surface area contributed by atoms with E-state index in [0.29, 0.717) is 6.42 Å². The smallest absolute Gasteiger partial charge is 0.0938 e. The minimum atomic E-state index is -0.475. The molecule has 1 aromatic carbocycles. The molecule has 2 heterocycles. The highest BCUT2D eigenvalue weighted by Crippen LogP contribution is 2.27. The molecular formula is C15H16N2OS. The molecule has 0 aliphatic rings. The summed E-state index contributed by atoms with van der Waals surface area (Å²) in [7, 11) is 1.94. The second-order valence-electron chi connectivity index (χ2n) is 4.76. The molecule has 3 nitrogen and oxygen atoms in total. The molecule has 98 valence electrons. The van der Waals surface area contributed by atoms with Gasteiger partial charge < -0.3 is 5.11 Å². The van der Waals surface area contributed by atoms with Crippen molar-refractivity contribution in [2.45, 2.75) is 19.4 Å². The third-order valence-electron chi connectivity index (χ3n) is 3.31. The molecule has 0 fully saturated rings. The van der Waals surface area contributed by atoms with Gasteiger partial charge in [0, 0.05) is 28.6 Å². The van der Waals surface area contributed by atoms with Crippen molar-refractivity contribution < 1.29 is 5.11 Å². The van der Waals surface area contributed by atoms with Crippen molar-refractivity contribution in [3.63, 3.8) is 0 Å². The number of nitrogens with zero attached hydrogens (tertiary/aromatic N) is 2. The largest absolute Gasteiger partial charge is 0.387 e. The zero-order valence-corrected chi connectivity index (χ0v) is 11.8. The van der Waals surface area contributed by atoms with Gasteiger partial charge in [-0.05, 0) is 25.1 Å². The second-order valence-corrected chi connectivity index (χ2v) is 6.08. The molecule has 0 saturated carbocycles. The number of hydrogen-bond acceptors (Lipinski definition) is 3. The average Bonchev–Trinajstić information content (AvgIpc) is 2.96. The highest BCUT2D eigenvalue weighted by Gasteiger charge is 2.15. The highest BCUT2D eigenvalue weighted by atomic mass is 32.1. The van der Waals surface area contributed by atoms with Gasteiger partial charge in [0.05, 0.1) is 17.3 Å². The number of aliphatic hydroxyl groups excluding tert-OH is 1. The third-order valence-corrected chi connectivity index (χ3v) is 4.41. The lowest BCUT2D eigenvalue weighted by Crippen LogP contribution is -2.01. The van der Waals surface area contributed by atoms with E-state index in [0.717, 1.165) is 21.5 Å². The molecule has 3 rings (SSSR count). The van der Waals surface area contributed by atoms with Crippen LogP contribution in [0, 0.1) is 6.92 Å². The maximum Gasteiger partial charge on any atom is 0.0938 e. The molecule has 1 atom stereocenters. The van der Waals surface area contributed by atoms with Crippen LogP contribution < -0.4 is 0 Å². The first-order valence-electron chi connectivity index (χ1n) is 6.30. The Kier molecular flexibility index (Phi) is 3.12. The van der Waals surface area contributed by atoms with Crippen molar-refractivity contribution in [3.05, 3.63) is 51.8 Å². The van der Waals surface area contributed by atoms with Crippen molar-refractivity contribution in [3.8, 4) is 0 Å². The number of thiophene rings is 1. The van der Waals surface area contributed by atoms with E-state index in [-0.39, 0.29) is 0 Å². The summed E-state index contributed by atoms with van der Waals surface area (Å²) >= 11 is 1.64. The van der Waals surface area contributed by atoms with Crippen LogP contribution >= 0.6 is 11.3 Å². The van der Waals surface area contributed by atoms with Gasteiger partial charge in [-0.2, -0.15) is 5.10 Å².